The predicted octanol–water partition coefficient (Wildman–Crippen LogP) is 3.60. The summed E-state index contributed by atoms with van der Waals surface area (Å²) in [6.45, 7) is 10.2. The molecule has 0 aromatic heterocycles. The second-order valence-electron chi connectivity index (χ2n) is 9.78. The van der Waals surface area contributed by atoms with Crippen LogP contribution in [0.1, 0.15) is 52.0 Å². The maximum atomic E-state index is 12.6. The molecule has 0 unspecified atom stereocenters. The highest BCUT2D eigenvalue weighted by Crippen LogP contribution is 2.29. The number of nitrogens with zero attached hydrogens (tertiary/aromatic N) is 2. The van der Waals surface area contributed by atoms with Crippen molar-refractivity contribution < 1.29 is 13.2 Å². The standard InChI is InChI=1S/C24H39N3O3S/c1-18(2)26-14-11-21(19(3)17-26)8-5-20-6-9-23(10-7-20)25-24(28)22-12-15-27(16-13-22)31(4,29)30/h6-7,9-10,18-19,21-22H,5,8,11-17H2,1-4H3,(H,25,28)/t19-,21-/m1/s1. The Kier molecular flexibility index (Phi) is 8.16. The Morgan fingerprint density at radius 2 is 1.74 bits per heavy atom. The molecule has 7 heteroatoms. The molecule has 0 radical (unpaired) electrons. The Balaban J connectivity index is 1.44. The smallest absolute Gasteiger partial charge is 0.227 e. The topological polar surface area (TPSA) is 69.7 Å². The molecule has 0 saturated carbocycles. The van der Waals surface area contributed by atoms with Crippen molar-refractivity contribution in [2.45, 2.75) is 58.9 Å². The van der Waals surface area contributed by atoms with Crippen LogP contribution in [0.2, 0.25) is 0 Å². The molecule has 2 heterocycles. The van der Waals surface area contributed by atoms with E-state index < -0.39 is 10.0 Å². The summed E-state index contributed by atoms with van der Waals surface area (Å²) < 4.78 is 24.7. The Bertz CT molecular complexity index is 830. The minimum Gasteiger partial charge on any atom is -0.326 e. The molecule has 1 amide bonds. The molecule has 1 aromatic rings. The first-order chi connectivity index (χ1) is 14.6. The van der Waals surface area contributed by atoms with Crippen molar-refractivity contribution in [3.05, 3.63) is 29.8 Å². The van der Waals surface area contributed by atoms with E-state index in [1.165, 1.54) is 42.1 Å². The van der Waals surface area contributed by atoms with Gasteiger partial charge in [0, 0.05) is 37.3 Å². The Morgan fingerprint density at radius 1 is 1.10 bits per heavy atom. The van der Waals surface area contributed by atoms with Gasteiger partial charge in [-0.25, -0.2) is 12.7 Å². The molecule has 1 aromatic carbocycles. The van der Waals surface area contributed by atoms with Gasteiger partial charge in [-0.05, 0) is 82.0 Å². The fourth-order valence-corrected chi connectivity index (χ4v) is 5.80. The summed E-state index contributed by atoms with van der Waals surface area (Å²) in [5.41, 5.74) is 2.14. The number of piperidine rings is 2. The number of likely N-dealkylation sites (tertiary alicyclic amines) is 1. The number of rotatable bonds is 7. The van der Waals surface area contributed by atoms with Crippen molar-refractivity contribution in [2.75, 3.05) is 37.8 Å². The zero-order chi connectivity index (χ0) is 22.6. The van der Waals surface area contributed by atoms with Crippen LogP contribution in [-0.2, 0) is 21.2 Å². The summed E-state index contributed by atoms with van der Waals surface area (Å²) in [7, 11) is -3.16. The van der Waals surface area contributed by atoms with E-state index in [2.05, 4.69) is 43.1 Å². The van der Waals surface area contributed by atoms with Crippen molar-refractivity contribution in [2.24, 2.45) is 17.8 Å². The average Bonchev–Trinajstić information content (AvgIpc) is 2.73. The van der Waals surface area contributed by atoms with Gasteiger partial charge in [0.2, 0.25) is 15.9 Å². The molecular weight excluding hydrogens is 410 g/mol. The van der Waals surface area contributed by atoms with Crippen molar-refractivity contribution in [1.82, 2.24) is 9.21 Å². The van der Waals surface area contributed by atoms with Gasteiger partial charge in [0.1, 0.15) is 0 Å². The van der Waals surface area contributed by atoms with E-state index in [0.717, 1.165) is 23.9 Å². The first kappa shape index (κ1) is 24.2. The van der Waals surface area contributed by atoms with Crippen LogP contribution in [0.15, 0.2) is 24.3 Å². The van der Waals surface area contributed by atoms with Crippen molar-refractivity contribution in [3.8, 4) is 0 Å². The molecule has 6 nitrogen and oxygen atoms in total. The number of benzene rings is 1. The highest BCUT2D eigenvalue weighted by molar-refractivity contribution is 7.88. The highest BCUT2D eigenvalue weighted by Gasteiger charge is 2.29. The first-order valence-electron chi connectivity index (χ1n) is 11.7. The van der Waals surface area contributed by atoms with Gasteiger partial charge in [0.15, 0.2) is 0 Å². The third-order valence-electron chi connectivity index (χ3n) is 7.16. The molecule has 31 heavy (non-hydrogen) atoms. The molecule has 0 aliphatic carbocycles. The summed E-state index contributed by atoms with van der Waals surface area (Å²) in [6.07, 6.45) is 5.96. The lowest BCUT2D eigenvalue weighted by molar-refractivity contribution is -0.120. The lowest BCUT2D eigenvalue weighted by atomic mass is 9.82. The van der Waals surface area contributed by atoms with Gasteiger partial charge in [-0.2, -0.15) is 0 Å². The van der Waals surface area contributed by atoms with Crippen molar-refractivity contribution >= 4 is 21.6 Å². The van der Waals surface area contributed by atoms with E-state index in [0.29, 0.717) is 32.0 Å². The molecule has 0 spiro atoms. The largest absolute Gasteiger partial charge is 0.326 e. The summed E-state index contributed by atoms with van der Waals surface area (Å²) in [5.74, 6) is 1.39. The number of carbonyl (C=O) groups excluding carboxylic acids is 1. The van der Waals surface area contributed by atoms with E-state index in [1.54, 1.807) is 0 Å². The summed E-state index contributed by atoms with van der Waals surface area (Å²) >= 11 is 0. The van der Waals surface area contributed by atoms with Gasteiger partial charge < -0.3 is 10.2 Å². The van der Waals surface area contributed by atoms with Crippen molar-refractivity contribution in [3.63, 3.8) is 0 Å². The van der Waals surface area contributed by atoms with Gasteiger partial charge in [-0.3, -0.25) is 4.79 Å². The van der Waals surface area contributed by atoms with E-state index in [1.807, 2.05) is 12.1 Å². The molecule has 2 aliphatic heterocycles. The lowest BCUT2D eigenvalue weighted by Crippen LogP contribution is -2.43. The normalized spacial score (nSPS) is 24.4. The number of sulfonamides is 1. The van der Waals surface area contributed by atoms with Crippen LogP contribution < -0.4 is 5.32 Å². The first-order valence-corrected chi connectivity index (χ1v) is 13.6. The summed E-state index contributed by atoms with van der Waals surface area (Å²) in [5, 5.41) is 3.01. The number of anilines is 1. The van der Waals surface area contributed by atoms with Crippen LogP contribution in [0.5, 0.6) is 0 Å². The lowest BCUT2D eigenvalue weighted by Gasteiger charge is -2.39. The van der Waals surface area contributed by atoms with Crippen LogP contribution in [0, 0.1) is 17.8 Å². The summed E-state index contributed by atoms with van der Waals surface area (Å²) in [4.78, 5) is 15.2. The van der Waals surface area contributed by atoms with Crippen LogP contribution in [0.25, 0.3) is 0 Å². The number of carbonyl (C=O) groups is 1. The van der Waals surface area contributed by atoms with Gasteiger partial charge in [-0.1, -0.05) is 19.1 Å². The predicted molar refractivity (Wildman–Crippen MR) is 127 cm³/mol. The second kappa shape index (κ2) is 10.5. The number of amides is 1. The quantitative estimate of drug-likeness (QED) is 0.691. The average molecular weight is 450 g/mol. The third-order valence-corrected chi connectivity index (χ3v) is 8.47. The number of hydrogen-bond donors (Lipinski definition) is 1. The molecule has 0 bridgehead atoms. The van der Waals surface area contributed by atoms with Gasteiger partial charge >= 0.3 is 0 Å². The minimum atomic E-state index is -3.16. The van der Waals surface area contributed by atoms with Gasteiger partial charge in [0.05, 0.1) is 6.26 Å². The second-order valence-corrected chi connectivity index (χ2v) is 11.8. The monoisotopic (exact) mass is 449 g/mol. The van der Waals surface area contributed by atoms with E-state index in [4.69, 9.17) is 0 Å². The van der Waals surface area contributed by atoms with E-state index >= 15 is 0 Å². The number of aryl methyl sites for hydroxylation is 1. The zero-order valence-corrected chi connectivity index (χ0v) is 20.3. The van der Waals surface area contributed by atoms with Gasteiger partial charge in [0.25, 0.3) is 0 Å². The fourth-order valence-electron chi connectivity index (χ4n) is 4.93. The fraction of sp³-hybridized carbons (Fsp3) is 0.708. The molecule has 2 atom stereocenters. The Hall–Kier alpha value is -1.44. The molecule has 1 N–H and O–H groups in total. The maximum Gasteiger partial charge on any atom is 0.227 e. The molecule has 174 valence electrons. The zero-order valence-electron chi connectivity index (χ0n) is 19.5. The van der Waals surface area contributed by atoms with Crippen LogP contribution in [0.3, 0.4) is 0 Å². The van der Waals surface area contributed by atoms with E-state index in [-0.39, 0.29) is 11.8 Å². The third kappa shape index (κ3) is 6.77. The SMILES string of the molecule is CC(C)N1CC[C@@H](CCc2ccc(NC(=O)C3CCN(S(C)(=O)=O)CC3)cc2)[C@H](C)C1. The Labute approximate surface area is 188 Å². The molecule has 2 saturated heterocycles. The Morgan fingerprint density at radius 3 is 2.29 bits per heavy atom. The molecular formula is C24H39N3O3S. The van der Waals surface area contributed by atoms with Gasteiger partial charge in [-0.15, -0.1) is 0 Å². The van der Waals surface area contributed by atoms with Crippen LogP contribution in [0.4, 0.5) is 5.69 Å². The summed E-state index contributed by atoms with van der Waals surface area (Å²) in [6, 6.07) is 8.86. The molecule has 2 fully saturated rings. The molecule has 2 aliphatic rings. The number of nitrogens with one attached hydrogen (secondary N) is 1. The van der Waals surface area contributed by atoms with Crippen LogP contribution >= 0.6 is 0 Å². The number of hydrogen-bond acceptors (Lipinski definition) is 4. The van der Waals surface area contributed by atoms with Crippen LogP contribution in [-0.4, -0.2) is 62.0 Å². The minimum absolute atomic E-state index is 0.00774. The highest BCUT2D eigenvalue weighted by atomic mass is 32.2. The van der Waals surface area contributed by atoms with Crippen molar-refractivity contribution in [1.29, 1.82) is 0 Å². The molecule has 3 rings (SSSR count). The maximum absolute atomic E-state index is 12.6. The van der Waals surface area contributed by atoms with E-state index in [9.17, 15) is 13.2 Å².